The Morgan fingerprint density at radius 3 is 2.21 bits per heavy atom. The maximum Gasteiger partial charge on any atom is 0.405 e. The Bertz CT molecular complexity index is 1420. The molecule has 1 saturated carbocycles. The van der Waals surface area contributed by atoms with Crippen LogP contribution in [0.15, 0.2) is 55.1 Å². The first kappa shape index (κ1) is 25.2. The van der Waals surface area contributed by atoms with Crippen LogP contribution in [0.3, 0.4) is 0 Å². The number of halogens is 5. The van der Waals surface area contributed by atoms with Crippen molar-refractivity contribution in [1.29, 1.82) is 0 Å². The summed E-state index contributed by atoms with van der Waals surface area (Å²) in [4.78, 5) is 1.71. The fraction of sp³-hybridized carbons (Fsp3) is 0.440. The van der Waals surface area contributed by atoms with Gasteiger partial charge in [0.15, 0.2) is 0 Å². The number of anilines is 1. The molecule has 0 amide bonds. The Labute approximate surface area is 215 Å². The largest absolute Gasteiger partial charge is 0.405 e. The average molecular weight is 554 g/mol. The molecule has 2 saturated heterocycles. The topological polar surface area (TPSA) is 71.3 Å². The molecule has 3 aromatic rings. The summed E-state index contributed by atoms with van der Waals surface area (Å²) in [6, 6.07) is 7.62. The second kappa shape index (κ2) is 9.01. The Morgan fingerprint density at radius 2 is 1.58 bits per heavy atom. The Kier molecular flexibility index (Phi) is 5.98. The Morgan fingerprint density at radius 1 is 0.921 bits per heavy atom. The van der Waals surface area contributed by atoms with E-state index in [-0.39, 0.29) is 30.0 Å². The van der Waals surface area contributed by atoms with Crippen molar-refractivity contribution in [3.05, 3.63) is 77.9 Å². The van der Waals surface area contributed by atoms with Gasteiger partial charge in [0.1, 0.15) is 35.6 Å². The molecule has 0 spiro atoms. The van der Waals surface area contributed by atoms with E-state index in [1.807, 2.05) is 4.57 Å². The van der Waals surface area contributed by atoms with Crippen molar-refractivity contribution >= 4 is 15.7 Å². The summed E-state index contributed by atoms with van der Waals surface area (Å²) in [6.45, 7) is 0.0527. The summed E-state index contributed by atoms with van der Waals surface area (Å²) in [7, 11) is -4.53. The quantitative estimate of drug-likeness (QED) is 0.437. The van der Waals surface area contributed by atoms with Gasteiger partial charge in [0, 0.05) is 49.1 Å². The lowest BCUT2D eigenvalue weighted by atomic mass is 10.0. The summed E-state index contributed by atoms with van der Waals surface area (Å²) in [5.74, 6) is -1.29. The first-order valence-electron chi connectivity index (χ1n) is 12.2. The highest BCUT2D eigenvalue weighted by Gasteiger charge is 2.57. The van der Waals surface area contributed by atoms with E-state index in [2.05, 4.69) is 10.2 Å². The summed E-state index contributed by atoms with van der Waals surface area (Å²) in [5, 5.41) is 6.39. The SMILES string of the molecule is O=S1(=O)[C@H](c2ccccc2)CC[C@H](C(F)(F)F)N1Cc1cc(F)c(N2C[C@@H]3[C@H](C2)[C@H]3n2cnnc2)cc1F. The highest BCUT2D eigenvalue weighted by atomic mass is 32.2. The summed E-state index contributed by atoms with van der Waals surface area (Å²) in [6.07, 6.45) is -2.33. The van der Waals surface area contributed by atoms with Gasteiger partial charge in [-0.25, -0.2) is 17.2 Å². The van der Waals surface area contributed by atoms with Gasteiger partial charge in [-0.2, -0.15) is 17.5 Å². The predicted octanol–water partition coefficient (Wildman–Crippen LogP) is 4.46. The van der Waals surface area contributed by atoms with Gasteiger partial charge >= 0.3 is 6.18 Å². The van der Waals surface area contributed by atoms with Crippen LogP contribution in [0.1, 0.15) is 35.3 Å². The molecule has 0 radical (unpaired) electrons. The zero-order valence-electron chi connectivity index (χ0n) is 20.0. The van der Waals surface area contributed by atoms with Crippen LogP contribution in [0.25, 0.3) is 0 Å². The Hall–Kier alpha value is -3.06. The second-order valence-corrected chi connectivity index (χ2v) is 12.2. The van der Waals surface area contributed by atoms with Crippen LogP contribution in [0.4, 0.5) is 27.6 Å². The third kappa shape index (κ3) is 4.25. The molecular weight excluding hydrogens is 529 g/mol. The van der Waals surface area contributed by atoms with E-state index in [0.29, 0.717) is 23.0 Å². The molecule has 0 unspecified atom stereocenters. The van der Waals surface area contributed by atoms with Gasteiger partial charge in [-0.3, -0.25) is 0 Å². The van der Waals surface area contributed by atoms with Gasteiger partial charge in [0.05, 0.1) is 5.69 Å². The van der Waals surface area contributed by atoms with Gasteiger partial charge in [0.25, 0.3) is 0 Å². The minimum atomic E-state index is -4.86. The zero-order chi connectivity index (χ0) is 26.8. The van der Waals surface area contributed by atoms with Crippen molar-refractivity contribution in [2.45, 2.75) is 42.9 Å². The molecule has 5 atom stereocenters. The standard InChI is InChI=1S/C25H24F5N5O2S/c26-19-9-21(33-11-17-18(12-33)24(17)34-13-31-32-14-34)20(27)8-16(19)10-35-23(25(28,29)30)7-6-22(38(35,36)37)15-4-2-1-3-5-15/h1-5,8-9,13-14,17-18,22-24H,6-7,10-12H2/t17-,18+,22-,23+,24+/m0/s1. The van der Waals surface area contributed by atoms with Gasteiger partial charge in [-0.15, -0.1) is 10.2 Å². The molecule has 13 heteroatoms. The van der Waals surface area contributed by atoms with E-state index in [9.17, 15) is 21.6 Å². The first-order valence-corrected chi connectivity index (χ1v) is 13.8. The molecular formula is C25H24F5N5O2S. The molecule has 0 N–H and O–H groups in total. The van der Waals surface area contributed by atoms with Gasteiger partial charge in [0.2, 0.25) is 10.0 Å². The number of aromatic nitrogens is 3. The minimum absolute atomic E-state index is 0.0111. The summed E-state index contributed by atoms with van der Waals surface area (Å²) in [5.41, 5.74) is -0.0704. The van der Waals surface area contributed by atoms with Gasteiger partial charge in [-0.1, -0.05) is 30.3 Å². The predicted molar refractivity (Wildman–Crippen MR) is 127 cm³/mol. The van der Waals surface area contributed by atoms with Crippen LogP contribution in [0.5, 0.6) is 0 Å². The van der Waals surface area contributed by atoms with E-state index < -0.39 is 57.7 Å². The van der Waals surface area contributed by atoms with E-state index in [0.717, 1.165) is 12.1 Å². The number of benzene rings is 2. The van der Waals surface area contributed by atoms with Crippen LogP contribution in [0.2, 0.25) is 0 Å². The third-order valence-corrected chi connectivity index (χ3v) is 10.3. The second-order valence-electron chi connectivity index (χ2n) is 10.2. The molecule has 0 bridgehead atoms. The van der Waals surface area contributed by atoms with E-state index in [1.54, 1.807) is 35.8 Å². The molecule has 2 aliphatic heterocycles. The molecule has 1 aromatic heterocycles. The number of fused-ring (bicyclic) bond motifs is 1. The molecule has 2 aromatic carbocycles. The number of rotatable bonds is 5. The molecule has 7 nitrogen and oxygen atoms in total. The number of hydrogen-bond donors (Lipinski definition) is 0. The van der Waals surface area contributed by atoms with Crippen molar-refractivity contribution in [2.75, 3.05) is 18.0 Å². The maximum atomic E-state index is 15.2. The maximum absolute atomic E-state index is 15.2. The first-order chi connectivity index (χ1) is 18.1. The smallest absolute Gasteiger partial charge is 0.368 e. The van der Waals surface area contributed by atoms with E-state index in [1.165, 1.54) is 12.1 Å². The molecule has 3 fully saturated rings. The van der Waals surface area contributed by atoms with Crippen LogP contribution in [-0.2, 0) is 16.6 Å². The third-order valence-electron chi connectivity index (χ3n) is 8.00. The van der Waals surface area contributed by atoms with Crippen molar-refractivity contribution in [2.24, 2.45) is 11.8 Å². The van der Waals surface area contributed by atoms with E-state index in [4.69, 9.17) is 0 Å². The lowest BCUT2D eigenvalue weighted by Crippen LogP contribution is -2.52. The van der Waals surface area contributed by atoms with Crippen molar-refractivity contribution < 1.29 is 30.4 Å². The van der Waals surface area contributed by atoms with Crippen LogP contribution in [0, 0.1) is 23.5 Å². The number of sulfonamides is 1. The summed E-state index contributed by atoms with van der Waals surface area (Å²) >= 11 is 0. The number of piperidine rings is 1. The molecule has 38 heavy (non-hydrogen) atoms. The van der Waals surface area contributed by atoms with Gasteiger partial charge < -0.3 is 9.47 Å². The fourth-order valence-electron chi connectivity index (χ4n) is 6.08. The monoisotopic (exact) mass is 553 g/mol. The number of nitrogens with zero attached hydrogens (tertiary/aromatic N) is 5. The highest BCUT2D eigenvalue weighted by Crippen LogP contribution is 2.56. The average Bonchev–Trinajstić information content (AvgIpc) is 3.23. The van der Waals surface area contributed by atoms with Crippen LogP contribution < -0.4 is 4.90 Å². The zero-order valence-corrected chi connectivity index (χ0v) is 20.8. The van der Waals surface area contributed by atoms with E-state index >= 15 is 8.78 Å². The molecule has 6 rings (SSSR count). The van der Waals surface area contributed by atoms with Gasteiger partial charge in [-0.05, 0) is 24.5 Å². The molecule has 3 heterocycles. The molecule has 202 valence electrons. The highest BCUT2D eigenvalue weighted by molar-refractivity contribution is 7.89. The minimum Gasteiger partial charge on any atom is -0.368 e. The lowest BCUT2D eigenvalue weighted by Gasteiger charge is -2.40. The normalized spacial score (nSPS) is 28.9. The van der Waals surface area contributed by atoms with Crippen molar-refractivity contribution in [1.82, 2.24) is 19.1 Å². The summed E-state index contributed by atoms with van der Waals surface area (Å²) < 4.78 is 101. The van der Waals surface area contributed by atoms with Crippen LogP contribution in [-0.4, -0.2) is 52.8 Å². The number of alkyl halides is 3. The molecule has 3 aliphatic rings. The van der Waals surface area contributed by atoms with Crippen molar-refractivity contribution in [3.63, 3.8) is 0 Å². The number of hydrogen-bond acceptors (Lipinski definition) is 5. The Balaban J connectivity index is 1.25. The van der Waals surface area contributed by atoms with Crippen LogP contribution >= 0.6 is 0 Å². The lowest BCUT2D eigenvalue weighted by molar-refractivity contribution is -0.176. The van der Waals surface area contributed by atoms with Crippen molar-refractivity contribution in [3.8, 4) is 0 Å². The fourth-order valence-corrected chi connectivity index (χ4v) is 8.24. The molecule has 1 aliphatic carbocycles.